The molecule has 0 bridgehead atoms. The van der Waals surface area contributed by atoms with Gasteiger partial charge in [-0.25, -0.2) is 8.42 Å². The zero-order chi connectivity index (χ0) is 23.6. The molecule has 2 aliphatic carbocycles. The summed E-state index contributed by atoms with van der Waals surface area (Å²) in [6.45, 7) is 0.600. The summed E-state index contributed by atoms with van der Waals surface area (Å²) in [5, 5.41) is 3.08. The SMILES string of the molecule is O=C(NCCc1ccccc1)C1(c2ccc(NS(=O)(=O)c3ccc4c(c3)CCCC4)cc2)CC1. The van der Waals surface area contributed by atoms with E-state index in [9.17, 15) is 13.2 Å². The molecule has 1 amide bonds. The lowest BCUT2D eigenvalue weighted by Crippen LogP contribution is -2.35. The van der Waals surface area contributed by atoms with Gasteiger partial charge >= 0.3 is 0 Å². The van der Waals surface area contributed by atoms with Crippen molar-refractivity contribution >= 4 is 21.6 Å². The first-order valence-corrected chi connectivity index (χ1v) is 13.5. The van der Waals surface area contributed by atoms with E-state index < -0.39 is 15.4 Å². The number of amides is 1. The lowest BCUT2D eigenvalue weighted by atomic mass is 9.92. The third-order valence-corrected chi connectivity index (χ3v) is 8.43. The van der Waals surface area contributed by atoms with Gasteiger partial charge in [-0.05, 0) is 91.5 Å². The molecule has 0 aliphatic heterocycles. The molecule has 1 fully saturated rings. The fourth-order valence-corrected chi connectivity index (χ4v) is 5.96. The third-order valence-electron chi connectivity index (χ3n) is 7.05. The van der Waals surface area contributed by atoms with Gasteiger partial charge in [0.2, 0.25) is 5.91 Å². The Kier molecular flexibility index (Phi) is 6.17. The molecule has 3 aromatic rings. The predicted octanol–water partition coefficient (Wildman–Crippen LogP) is 4.76. The van der Waals surface area contributed by atoms with E-state index in [0.717, 1.165) is 56.1 Å². The second-order valence-electron chi connectivity index (χ2n) is 9.39. The highest BCUT2D eigenvalue weighted by Gasteiger charge is 2.51. The van der Waals surface area contributed by atoms with Crippen LogP contribution >= 0.6 is 0 Å². The Bertz CT molecular complexity index is 1280. The molecule has 2 N–H and O–H groups in total. The van der Waals surface area contributed by atoms with Crippen LogP contribution in [0.15, 0.2) is 77.7 Å². The molecule has 0 saturated heterocycles. The number of sulfonamides is 1. The van der Waals surface area contributed by atoms with Crippen LogP contribution in [0.2, 0.25) is 0 Å². The molecule has 2 aliphatic rings. The third kappa shape index (κ3) is 4.73. The van der Waals surface area contributed by atoms with Gasteiger partial charge in [0.05, 0.1) is 10.3 Å². The summed E-state index contributed by atoms with van der Waals surface area (Å²) in [6.07, 6.45) is 6.64. The summed E-state index contributed by atoms with van der Waals surface area (Å²) in [7, 11) is -3.66. The van der Waals surface area contributed by atoms with Gasteiger partial charge in [-0.15, -0.1) is 0 Å². The van der Waals surface area contributed by atoms with Crippen molar-refractivity contribution < 1.29 is 13.2 Å². The van der Waals surface area contributed by atoms with Crippen LogP contribution in [0.25, 0.3) is 0 Å². The number of hydrogen-bond acceptors (Lipinski definition) is 3. The Morgan fingerprint density at radius 3 is 2.26 bits per heavy atom. The van der Waals surface area contributed by atoms with E-state index in [2.05, 4.69) is 22.2 Å². The molecule has 0 heterocycles. The van der Waals surface area contributed by atoms with Crippen molar-refractivity contribution in [1.82, 2.24) is 5.32 Å². The van der Waals surface area contributed by atoms with E-state index in [4.69, 9.17) is 0 Å². The number of nitrogens with one attached hydrogen (secondary N) is 2. The van der Waals surface area contributed by atoms with Gasteiger partial charge in [-0.2, -0.15) is 0 Å². The highest BCUT2D eigenvalue weighted by Crippen LogP contribution is 2.48. The molecule has 0 atom stereocenters. The van der Waals surface area contributed by atoms with E-state index >= 15 is 0 Å². The number of hydrogen-bond donors (Lipinski definition) is 2. The first-order valence-electron chi connectivity index (χ1n) is 12.0. The first-order chi connectivity index (χ1) is 16.5. The Hall–Kier alpha value is -3.12. The molecule has 5 rings (SSSR count). The normalized spacial score (nSPS) is 16.4. The minimum atomic E-state index is -3.66. The topological polar surface area (TPSA) is 75.3 Å². The lowest BCUT2D eigenvalue weighted by Gasteiger charge is -2.18. The fraction of sp³-hybridized carbons (Fsp3) is 0.321. The number of carbonyl (C=O) groups excluding carboxylic acids is 1. The fourth-order valence-electron chi connectivity index (χ4n) is 4.85. The molecule has 176 valence electrons. The van der Waals surface area contributed by atoms with E-state index in [-0.39, 0.29) is 5.91 Å². The standard InChI is InChI=1S/C28H30N2O3S/c31-27(29-19-16-21-6-2-1-3-7-21)28(17-18-28)24-11-13-25(14-12-24)30-34(32,33)26-15-10-22-8-4-5-9-23(22)20-26/h1-3,6-7,10-15,20,30H,4-5,8-9,16-19H2,(H,29,31). The zero-order valence-corrected chi connectivity index (χ0v) is 20.0. The van der Waals surface area contributed by atoms with Crippen LogP contribution in [0.3, 0.4) is 0 Å². The Morgan fingerprint density at radius 1 is 0.853 bits per heavy atom. The number of aryl methyl sites for hydroxylation is 2. The van der Waals surface area contributed by atoms with Crippen molar-refractivity contribution in [3.05, 3.63) is 95.1 Å². The molecule has 34 heavy (non-hydrogen) atoms. The molecule has 5 nitrogen and oxygen atoms in total. The van der Waals surface area contributed by atoms with Gasteiger partial charge in [0.15, 0.2) is 0 Å². The van der Waals surface area contributed by atoms with Gasteiger partial charge in [0.1, 0.15) is 0 Å². The highest BCUT2D eigenvalue weighted by molar-refractivity contribution is 7.92. The van der Waals surface area contributed by atoms with Crippen LogP contribution in [-0.4, -0.2) is 20.9 Å². The maximum absolute atomic E-state index is 12.9. The van der Waals surface area contributed by atoms with E-state index in [1.54, 1.807) is 18.2 Å². The van der Waals surface area contributed by atoms with Crippen LogP contribution in [0.4, 0.5) is 5.69 Å². The van der Waals surface area contributed by atoms with Gasteiger partial charge in [-0.3, -0.25) is 9.52 Å². The maximum atomic E-state index is 12.9. The number of fused-ring (bicyclic) bond motifs is 1. The van der Waals surface area contributed by atoms with Gasteiger partial charge in [0.25, 0.3) is 10.0 Å². The second kappa shape index (κ2) is 9.26. The number of anilines is 1. The zero-order valence-electron chi connectivity index (χ0n) is 19.2. The minimum Gasteiger partial charge on any atom is -0.355 e. The van der Waals surface area contributed by atoms with E-state index in [1.807, 2.05) is 42.5 Å². The van der Waals surface area contributed by atoms with Crippen molar-refractivity contribution in [1.29, 1.82) is 0 Å². The summed E-state index contributed by atoms with van der Waals surface area (Å²) < 4.78 is 28.6. The van der Waals surface area contributed by atoms with Gasteiger partial charge < -0.3 is 5.32 Å². The number of carbonyl (C=O) groups is 1. The van der Waals surface area contributed by atoms with Crippen LogP contribution < -0.4 is 10.0 Å². The van der Waals surface area contributed by atoms with Crippen molar-refractivity contribution in [3.63, 3.8) is 0 Å². The predicted molar refractivity (Wildman–Crippen MR) is 134 cm³/mol. The summed E-state index contributed by atoms with van der Waals surface area (Å²) in [4.78, 5) is 13.2. The number of rotatable bonds is 8. The summed E-state index contributed by atoms with van der Waals surface area (Å²) in [6, 6.07) is 22.8. The molecule has 0 radical (unpaired) electrons. The van der Waals surface area contributed by atoms with Crippen molar-refractivity contribution in [2.75, 3.05) is 11.3 Å². The van der Waals surface area contributed by atoms with Crippen LogP contribution in [0, 0.1) is 0 Å². The molecule has 3 aromatic carbocycles. The quantitative estimate of drug-likeness (QED) is 0.494. The lowest BCUT2D eigenvalue weighted by molar-refractivity contribution is -0.123. The summed E-state index contributed by atoms with van der Waals surface area (Å²) in [5.41, 5.74) is 4.53. The maximum Gasteiger partial charge on any atom is 0.261 e. The molecule has 0 spiro atoms. The Labute approximate surface area is 201 Å². The summed E-state index contributed by atoms with van der Waals surface area (Å²) in [5.74, 6) is 0.0471. The molecule has 0 unspecified atom stereocenters. The second-order valence-corrected chi connectivity index (χ2v) is 11.1. The minimum absolute atomic E-state index is 0.0471. The molecule has 1 saturated carbocycles. The Morgan fingerprint density at radius 2 is 1.56 bits per heavy atom. The largest absolute Gasteiger partial charge is 0.355 e. The molecule has 0 aromatic heterocycles. The number of benzene rings is 3. The highest BCUT2D eigenvalue weighted by atomic mass is 32.2. The monoisotopic (exact) mass is 474 g/mol. The Balaban J connectivity index is 1.23. The molecule has 6 heteroatoms. The average molecular weight is 475 g/mol. The summed E-state index contributed by atoms with van der Waals surface area (Å²) >= 11 is 0. The van der Waals surface area contributed by atoms with Crippen molar-refractivity contribution in [2.24, 2.45) is 0 Å². The molecular formula is C28H30N2O3S. The van der Waals surface area contributed by atoms with Crippen LogP contribution in [-0.2, 0) is 39.5 Å². The molecular weight excluding hydrogens is 444 g/mol. The van der Waals surface area contributed by atoms with E-state index in [0.29, 0.717) is 17.1 Å². The van der Waals surface area contributed by atoms with E-state index in [1.165, 1.54) is 11.1 Å². The van der Waals surface area contributed by atoms with Gasteiger partial charge in [0, 0.05) is 12.2 Å². The average Bonchev–Trinajstić information content (AvgIpc) is 3.67. The smallest absolute Gasteiger partial charge is 0.261 e. The van der Waals surface area contributed by atoms with Gasteiger partial charge in [-0.1, -0.05) is 48.5 Å². The van der Waals surface area contributed by atoms with Crippen molar-refractivity contribution in [3.8, 4) is 0 Å². The first kappa shape index (κ1) is 22.7. The van der Waals surface area contributed by atoms with Crippen LogP contribution in [0.1, 0.15) is 47.9 Å². The van der Waals surface area contributed by atoms with Crippen LogP contribution in [0.5, 0.6) is 0 Å². The van der Waals surface area contributed by atoms with Crippen molar-refractivity contribution in [2.45, 2.75) is 55.3 Å².